The fraction of sp³-hybridized carbons (Fsp3) is 0.350. The molecule has 0 aliphatic carbocycles. The maximum absolute atomic E-state index is 12.0. The van der Waals surface area contributed by atoms with Gasteiger partial charge in [0, 0.05) is 6.54 Å². The van der Waals surface area contributed by atoms with Crippen LogP contribution in [-0.2, 0) is 4.79 Å². The van der Waals surface area contributed by atoms with Crippen LogP contribution in [0.1, 0.15) is 35.8 Å². The van der Waals surface area contributed by atoms with Crippen LogP contribution in [0, 0.1) is 5.92 Å². The summed E-state index contributed by atoms with van der Waals surface area (Å²) >= 11 is 0. The predicted molar refractivity (Wildman–Crippen MR) is 93.2 cm³/mol. The summed E-state index contributed by atoms with van der Waals surface area (Å²) in [5.41, 5.74) is 8.10. The monoisotopic (exact) mass is 308 g/mol. The van der Waals surface area contributed by atoms with Gasteiger partial charge in [-0.2, -0.15) is 0 Å². The summed E-state index contributed by atoms with van der Waals surface area (Å²) in [6.07, 6.45) is 1.90. The Hall–Kier alpha value is -2.13. The van der Waals surface area contributed by atoms with Crippen LogP contribution in [0.2, 0.25) is 0 Å². The van der Waals surface area contributed by atoms with Crippen LogP contribution >= 0.6 is 0 Å². The lowest BCUT2D eigenvalue weighted by Gasteiger charge is -2.34. The Bertz CT molecular complexity index is 627. The van der Waals surface area contributed by atoms with Crippen LogP contribution in [0.25, 0.3) is 0 Å². The average Bonchev–Trinajstić information content (AvgIpc) is 2.61. The number of rotatable bonds is 5. The molecule has 3 nitrogen and oxygen atoms in total. The lowest BCUT2D eigenvalue weighted by molar-refractivity contribution is -0.119. The maximum atomic E-state index is 12.0. The molecule has 3 rings (SSSR count). The second kappa shape index (κ2) is 7.42. The van der Waals surface area contributed by atoms with Gasteiger partial charge in [0.15, 0.2) is 0 Å². The van der Waals surface area contributed by atoms with E-state index < -0.39 is 0 Å². The molecule has 1 saturated heterocycles. The molecule has 2 aromatic rings. The molecular formula is C20H24N2O. The van der Waals surface area contributed by atoms with Crippen LogP contribution in [0.4, 0.5) is 0 Å². The number of benzene rings is 2. The highest BCUT2D eigenvalue weighted by Crippen LogP contribution is 2.36. The second-order valence-electron chi connectivity index (χ2n) is 6.37. The first-order valence-corrected chi connectivity index (χ1v) is 8.35. The number of piperidine rings is 1. The molecule has 3 atom stereocenters. The number of hydrogen-bond acceptors (Lipinski definition) is 2. The number of primary amides is 1. The van der Waals surface area contributed by atoms with Gasteiger partial charge >= 0.3 is 0 Å². The van der Waals surface area contributed by atoms with E-state index >= 15 is 0 Å². The molecule has 0 spiro atoms. The van der Waals surface area contributed by atoms with Gasteiger partial charge in [0.2, 0.25) is 5.91 Å². The van der Waals surface area contributed by atoms with Crippen LogP contribution in [0.3, 0.4) is 0 Å². The van der Waals surface area contributed by atoms with Crippen LogP contribution in [0.5, 0.6) is 0 Å². The standard InChI is InChI=1S/C20H24N2O/c21-20(23)18(15-7-3-1-4-8-15)13-17-11-12-22-14-19(17)16-9-5-2-6-10-16/h1-10,17-19,22H,11-14H2,(H2,21,23). The second-order valence-corrected chi connectivity index (χ2v) is 6.37. The Morgan fingerprint density at radius 3 is 2.39 bits per heavy atom. The zero-order chi connectivity index (χ0) is 16.1. The van der Waals surface area contributed by atoms with Gasteiger partial charge in [-0.05, 0) is 42.3 Å². The molecule has 3 unspecified atom stereocenters. The van der Waals surface area contributed by atoms with Crippen LogP contribution < -0.4 is 11.1 Å². The predicted octanol–water partition coefficient (Wildman–Crippen LogP) is 3.04. The fourth-order valence-electron chi connectivity index (χ4n) is 3.69. The number of carbonyl (C=O) groups is 1. The van der Waals surface area contributed by atoms with Gasteiger partial charge in [0.1, 0.15) is 0 Å². The van der Waals surface area contributed by atoms with Crippen LogP contribution in [0.15, 0.2) is 60.7 Å². The van der Waals surface area contributed by atoms with E-state index in [9.17, 15) is 4.79 Å². The van der Waals surface area contributed by atoms with E-state index in [0.717, 1.165) is 31.5 Å². The zero-order valence-electron chi connectivity index (χ0n) is 13.3. The van der Waals surface area contributed by atoms with Crippen molar-refractivity contribution in [1.82, 2.24) is 5.32 Å². The van der Waals surface area contributed by atoms with Crippen LogP contribution in [-0.4, -0.2) is 19.0 Å². The van der Waals surface area contributed by atoms with Crippen molar-refractivity contribution >= 4 is 5.91 Å². The molecule has 0 bridgehead atoms. The molecule has 1 aliphatic rings. The molecule has 1 heterocycles. The lowest BCUT2D eigenvalue weighted by Crippen LogP contribution is -2.37. The Morgan fingerprint density at radius 2 is 1.74 bits per heavy atom. The molecule has 0 radical (unpaired) electrons. The highest BCUT2D eigenvalue weighted by Gasteiger charge is 2.31. The molecule has 120 valence electrons. The maximum Gasteiger partial charge on any atom is 0.224 e. The lowest BCUT2D eigenvalue weighted by atomic mass is 9.75. The minimum Gasteiger partial charge on any atom is -0.369 e. The summed E-state index contributed by atoms with van der Waals surface area (Å²) < 4.78 is 0. The Balaban J connectivity index is 1.81. The minimum atomic E-state index is -0.221. The topological polar surface area (TPSA) is 55.1 Å². The SMILES string of the molecule is NC(=O)C(CC1CCNCC1c1ccccc1)c1ccccc1. The smallest absolute Gasteiger partial charge is 0.224 e. The summed E-state index contributed by atoms with van der Waals surface area (Å²) in [5, 5.41) is 3.49. The average molecular weight is 308 g/mol. The van der Waals surface area contributed by atoms with E-state index in [-0.39, 0.29) is 11.8 Å². The van der Waals surface area contributed by atoms with Crippen molar-refractivity contribution in [3.63, 3.8) is 0 Å². The molecule has 0 aromatic heterocycles. The molecule has 3 N–H and O–H groups in total. The summed E-state index contributed by atoms with van der Waals surface area (Å²) in [4.78, 5) is 12.0. The first-order chi connectivity index (χ1) is 11.3. The number of nitrogens with two attached hydrogens (primary N) is 1. The molecule has 3 heteroatoms. The quantitative estimate of drug-likeness (QED) is 0.892. The highest BCUT2D eigenvalue weighted by molar-refractivity contribution is 5.81. The molecule has 1 amide bonds. The van der Waals surface area contributed by atoms with E-state index in [2.05, 4.69) is 29.6 Å². The van der Waals surface area contributed by atoms with Gasteiger partial charge in [0.25, 0.3) is 0 Å². The summed E-state index contributed by atoms with van der Waals surface area (Å²) in [6.45, 7) is 1.98. The van der Waals surface area contributed by atoms with Crippen molar-refractivity contribution in [2.45, 2.75) is 24.7 Å². The molecular weight excluding hydrogens is 284 g/mol. The first-order valence-electron chi connectivity index (χ1n) is 8.35. The van der Waals surface area contributed by atoms with Crippen molar-refractivity contribution in [3.05, 3.63) is 71.8 Å². The van der Waals surface area contributed by atoms with E-state index in [1.807, 2.05) is 36.4 Å². The highest BCUT2D eigenvalue weighted by atomic mass is 16.1. The molecule has 1 fully saturated rings. The summed E-state index contributed by atoms with van der Waals surface area (Å²) in [5.74, 6) is 0.485. The number of hydrogen-bond donors (Lipinski definition) is 2. The summed E-state index contributed by atoms with van der Waals surface area (Å²) in [6, 6.07) is 20.5. The third-order valence-electron chi connectivity index (χ3n) is 4.94. The molecule has 1 aliphatic heterocycles. The first kappa shape index (κ1) is 15.8. The Kier molecular flexibility index (Phi) is 5.09. The Morgan fingerprint density at radius 1 is 1.09 bits per heavy atom. The number of carbonyl (C=O) groups excluding carboxylic acids is 1. The van der Waals surface area contributed by atoms with E-state index in [4.69, 9.17) is 5.73 Å². The van der Waals surface area contributed by atoms with E-state index in [1.54, 1.807) is 0 Å². The van der Waals surface area contributed by atoms with Gasteiger partial charge in [-0.25, -0.2) is 0 Å². The van der Waals surface area contributed by atoms with E-state index in [1.165, 1.54) is 5.56 Å². The largest absolute Gasteiger partial charge is 0.369 e. The van der Waals surface area contributed by atoms with Crippen molar-refractivity contribution < 1.29 is 4.79 Å². The third kappa shape index (κ3) is 3.80. The fourth-order valence-corrected chi connectivity index (χ4v) is 3.69. The van der Waals surface area contributed by atoms with Gasteiger partial charge in [-0.1, -0.05) is 60.7 Å². The van der Waals surface area contributed by atoms with E-state index in [0.29, 0.717) is 11.8 Å². The van der Waals surface area contributed by atoms with Crippen molar-refractivity contribution in [1.29, 1.82) is 0 Å². The third-order valence-corrected chi connectivity index (χ3v) is 4.94. The molecule has 0 saturated carbocycles. The normalized spacial score (nSPS) is 22.4. The molecule has 23 heavy (non-hydrogen) atoms. The Labute approximate surface area is 137 Å². The summed E-state index contributed by atoms with van der Waals surface area (Å²) in [7, 11) is 0. The minimum absolute atomic E-state index is 0.203. The van der Waals surface area contributed by atoms with Gasteiger partial charge in [-0.15, -0.1) is 0 Å². The van der Waals surface area contributed by atoms with Crippen molar-refractivity contribution in [2.24, 2.45) is 11.7 Å². The van der Waals surface area contributed by atoms with Gasteiger partial charge in [0.05, 0.1) is 5.92 Å². The zero-order valence-corrected chi connectivity index (χ0v) is 13.3. The number of amides is 1. The van der Waals surface area contributed by atoms with Gasteiger partial charge in [-0.3, -0.25) is 4.79 Å². The van der Waals surface area contributed by atoms with Crippen molar-refractivity contribution in [2.75, 3.05) is 13.1 Å². The molecule has 2 aromatic carbocycles. The van der Waals surface area contributed by atoms with Crippen molar-refractivity contribution in [3.8, 4) is 0 Å². The number of nitrogens with one attached hydrogen (secondary N) is 1. The van der Waals surface area contributed by atoms with Gasteiger partial charge < -0.3 is 11.1 Å².